The van der Waals surface area contributed by atoms with Crippen LogP contribution in [0, 0.1) is 6.92 Å². The minimum absolute atomic E-state index is 0.0425. The van der Waals surface area contributed by atoms with Gasteiger partial charge in [0.15, 0.2) is 0 Å². The summed E-state index contributed by atoms with van der Waals surface area (Å²) in [6.45, 7) is 4.03. The number of anilines is 1. The highest BCUT2D eigenvalue weighted by Crippen LogP contribution is 2.29. The maximum Gasteiger partial charge on any atom is 0.251 e. The molecule has 1 aromatic rings. The number of nitrogens with two attached hydrogens (primary N) is 1. The van der Waals surface area contributed by atoms with Gasteiger partial charge in [0.2, 0.25) is 0 Å². The fourth-order valence-corrected chi connectivity index (χ4v) is 3.74. The monoisotopic (exact) mass is 294 g/mol. The predicted octanol–water partition coefficient (Wildman–Crippen LogP) is 2.08. The largest absolute Gasteiger partial charge is 0.349 e. The van der Waals surface area contributed by atoms with Crippen molar-refractivity contribution in [3.63, 3.8) is 0 Å². The van der Waals surface area contributed by atoms with Gasteiger partial charge in [-0.25, -0.2) is 10.8 Å². The van der Waals surface area contributed by atoms with Crippen molar-refractivity contribution in [2.45, 2.75) is 44.4 Å². The van der Waals surface area contributed by atoms with E-state index < -0.39 is 0 Å². The number of carbonyl (C=O) groups excluding carboxylic acids is 1. The summed E-state index contributed by atoms with van der Waals surface area (Å²) in [5.41, 5.74) is 3.87. The number of carbonyl (C=O) groups is 1. The molecule has 6 heteroatoms. The first-order valence-corrected chi connectivity index (χ1v) is 8.05. The summed E-state index contributed by atoms with van der Waals surface area (Å²) in [5, 5.41) is 3.80. The Morgan fingerprint density at radius 3 is 3.00 bits per heavy atom. The Morgan fingerprint density at radius 2 is 2.30 bits per heavy atom. The third-order valence-corrected chi connectivity index (χ3v) is 4.72. The van der Waals surface area contributed by atoms with E-state index >= 15 is 0 Å². The lowest BCUT2D eigenvalue weighted by molar-refractivity contribution is 0.0938. The van der Waals surface area contributed by atoms with Gasteiger partial charge >= 0.3 is 0 Å². The highest BCUT2D eigenvalue weighted by atomic mass is 32.2. The number of hydrazine groups is 1. The molecular formula is C14H22N4OS. The Morgan fingerprint density at radius 1 is 1.50 bits per heavy atom. The van der Waals surface area contributed by atoms with E-state index in [0.717, 1.165) is 24.3 Å². The summed E-state index contributed by atoms with van der Waals surface area (Å²) in [6, 6.07) is 3.74. The van der Waals surface area contributed by atoms with Crippen molar-refractivity contribution in [2.24, 2.45) is 5.84 Å². The quantitative estimate of drug-likeness (QED) is 0.572. The molecule has 0 spiro atoms. The van der Waals surface area contributed by atoms with Gasteiger partial charge in [-0.1, -0.05) is 6.92 Å². The number of aryl methyl sites for hydroxylation is 1. The number of amides is 1. The van der Waals surface area contributed by atoms with Gasteiger partial charge in [0.1, 0.15) is 5.82 Å². The predicted molar refractivity (Wildman–Crippen MR) is 83.8 cm³/mol. The Balaban J connectivity index is 1.97. The van der Waals surface area contributed by atoms with Crippen molar-refractivity contribution in [3.8, 4) is 0 Å². The van der Waals surface area contributed by atoms with Gasteiger partial charge in [-0.05, 0) is 44.1 Å². The van der Waals surface area contributed by atoms with E-state index in [9.17, 15) is 4.79 Å². The number of nitrogen functional groups attached to an aromatic ring is 1. The third-order valence-electron chi connectivity index (χ3n) is 3.49. The summed E-state index contributed by atoms with van der Waals surface area (Å²) in [5.74, 6) is 6.97. The molecule has 0 aromatic carbocycles. The maximum absolute atomic E-state index is 12.3. The SMILES string of the molecule is CCSC1CCC(NC(=O)c2cc(C)nc(NN)c2)C1. The van der Waals surface area contributed by atoms with E-state index in [0.29, 0.717) is 16.6 Å². The van der Waals surface area contributed by atoms with Crippen LogP contribution in [0.25, 0.3) is 0 Å². The van der Waals surface area contributed by atoms with E-state index in [1.807, 2.05) is 18.7 Å². The average molecular weight is 294 g/mol. The zero-order valence-electron chi connectivity index (χ0n) is 12.0. The van der Waals surface area contributed by atoms with Crippen molar-refractivity contribution in [2.75, 3.05) is 11.2 Å². The van der Waals surface area contributed by atoms with Crippen LogP contribution >= 0.6 is 11.8 Å². The van der Waals surface area contributed by atoms with Crippen molar-refractivity contribution in [1.29, 1.82) is 0 Å². The highest BCUT2D eigenvalue weighted by Gasteiger charge is 2.26. The zero-order chi connectivity index (χ0) is 14.5. The molecule has 0 radical (unpaired) electrons. The molecule has 1 aromatic heterocycles. The lowest BCUT2D eigenvalue weighted by Crippen LogP contribution is -2.33. The van der Waals surface area contributed by atoms with Crippen molar-refractivity contribution in [1.82, 2.24) is 10.3 Å². The minimum atomic E-state index is -0.0425. The van der Waals surface area contributed by atoms with Crippen LogP contribution in [0.5, 0.6) is 0 Å². The summed E-state index contributed by atoms with van der Waals surface area (Å²) in [6.07, 6.45) is 3.32. The first-order chi connectivity index (χ1) is 9.62. The smallest absolute Gasteiger partial charge is 0.251 e. The summed E-state index contributed by atoms with van der Waals surface area (Å²) < 4.78 is 0. The number of aromatic nitrogens is 1. The molecule has 0 saturated heterocycles. The molecule has 2 unspecified atom stereocenters. The summed E-state index contributed by atoms with van der Waals surface area (Å²) in [4.78, 5) is 16.5. The summed E-state index contributed by atoms with van der Waals surface area (Å²) in [7, 11) is 0. The number of nitrogens with one attached hydrogen (secondary N) is 2. The van der Waals surface area contributed by atoms with Crippen LogP contribution < -0.4 is 16.6 Å². The van der Waals surface area contributed by atoms with Crippen LogP contribution in [0.2, 0.25) is 0 Å². The molecule has 0 bridgehead atoms. The van der Waals surface area contributed by atoms with E-state index in [4.69, 9.17) is 5.84 Å². The molecule has 20 heavy (non-hydrogen) atoms. The minimum Gasteiger partial charge on any atom is -0.349 e. The second-order valence-electron chi connectivity index (χ2n) is 5.09. The standard InChI is InChI=1S/C14H22N4OS/c1-3-20-12-5-4-11(8-12)17-14(19)10-6-9(2)16-13(7-10)18-15/h6-7,11-12H,3-5,8,15H2,1-2H3,(H,16,18)(H,17,19). The number of thioether (sulfide) groups is 1. The molecule has 1 aliphatic rings. The molecule has 4 N–H and O–H groups in total. The Bertz CT molecular complexity index is 480. The van der Waals surface area contributed by atoms with E-state index in [-0.39, 0.29) is 11.9 Å². The van der Waals surface area contributed by atoms with Gasteiger partial charge in [-0.2, -0.15) is 11.8 Å². The van der Waals surface area contributed by atoms with E-state index in [2.05, 4.69) is 22.7 Å². The number of pyridine rings is 1. The van der Waals surface area contributed by atoms with Gasteiger partial charge in [0.05, 0.1) is 0 Å². The molecule has 2 rings (SSSR count). The average Bonchev–Trinajstić information content (AvgIpc) is 2.85. The molecule has 1 fully saturated rings. The molecule has 1 amide bonds. The Hall–Kier alpha value is -1.27. The molecular weight excluding hydrogens is 272 g/mol. The first-order valence-electron chi connectivity index (χ1n) is 7.00. The molecule has 0 aliphatic heterocycles. The molecule has 1 heterocycles. The van der Waals surface area contributed by atoms with Gasteiger partial charge in [-0.15, -0.1) is 0 Å². The number of nitrogens with zero attached hydrogens (tertiary/aromatic N) is 1. The fraction of sp³-hybridized carbons (Fsp3) is 0.571. The second-order valence-corrected chi connectivity index (χ2v) is 6.66. The third kappa shape index (κ3) is 3.86. The van der Waals surface area contributed by atoms with Gasteiger partial charge in [0.25, 0.3) is 5.91 Å². The van der Waals surface area contributed by atoms with Gasteiger partial charge < -0.3 is 10.7 Å². The van der Waals surface area contributed by atoms with E-state index in [1.165, 1.54) is 6.42 Å². The maximum atomic E-state index is 12.3. The van der Waals surface area contributed by atoms with Crippen molar-refractivity contribution >= 4 is 23.5 Å². The molecule has 5 nitrogen and oxygen atoms in total. The van der Waals surface area contributed by atoms with Crippen LogP contribution in [0.4, 0.5) is 5.82 Å². The van der Waals surface area contributed by atoms with Crippen LogP contribution in [-0.2, 0) is 0 Å². The number of rotatable bonds is 5. The van der Waals surface area contributed by atoms with Gasteiger partial charge in [-0.3, -0.25) is 4.79 Å². The topological polar surface area (TPSA) is 80.0 Å². The Labute approximate surface area is 124 Å². The number of hydrogen-bond acceptors (Lipinski definition) is 5. The van der Waals surface area contributed by atoms with Crippen LogP contribution in [0.3, 0.4) is 0 Å². The van der Waals surface area contributed by atoms with Crippen molar-refractivity contribution < 1.29 is 4.79 Å². The highest BCUT2D eigenvalue weighted by molar-refractivity contribution is 7.99. The normalized spacial score (nSPS) is 21.8. The molecule has 110 valence electrons. The lowest BCUT2D eigenvalue weighted by Gasteiger charge is -2.14. The van der Waals surface area contributed by atoms with Crippen molar-refractivity contribution in [3.05, 3.63) is 23.4 Å². The van der Waals surface area contributed by atoms with Crippen LogP contribution in [-0.4, -0.2) is 27.9 Å². The lowest BCUT2D eigenvalue weighted by atomic mass is 10.2. The van der Waals surface area contributed by atoms with Crippen LogP contribution in [0.15, 0.2) is 12.1 Å². The van der Waals surface area contributed by atoms with E-state index in [1.54, 1.807) is 12.1 Å². The fourth-order valence-electron chi connectivity index (χ4n) is 2.60. The Kier molecular flexibility index (Phi) is 5.25. The van der Waals surface area contributed by atoms with Gasteiger partial charge in [0, 0.05) is 22.5 Å². The molecule has 1 saturated carbocycles. The number of hydrogen-bond donors (Lipinski definition) is 3. The van der Waals surface area contributed by atoms with Crippen LogP contribution in [0.1, 0.15) is 42.2 Å². The first kappa shape index (κ1) is 15.1. The molecule has 1 aliphatic carbocycles. The molecule has 2 atom stereocenters. The zero-order valence-corrected chi connectivity index (χ0v) is 12.8. The second kappa shape index (κ2) is 6.95. The summed E-state index contributed by atoms with van der Waals surface area (Å²) >= 11 is 1.99.